The van der Waals surface area contributed by atoms with Crippen LogP contribution < -0.4 is 10.5 Å². The lowest BCUT2D eigenvalue weighted by atomic mass is 9.95. The second kappa shape index (κ2) is 7.85. The standard InChI is InChI=1S/C21H29N3O3S/c1-2-28(26,27)17-11-8-14-23(15-17)20-18-12-6-7-13-19(18)21(25)24(22-20)16-9-4-3-5-10-16/h6-7,12-13,16-17H,2-5,8-11,14-15H2,1H3/t17-/m0/s1. The normalized spacial score (nSPS) is 21.9. The Labute approximate surface area is 166 Å². The van der Waals surface area contributed by atoms with Crippen molar-refractivity contribution >= 4 is 26.4 Å². The molecule has 2 fully saturated rings. The van der Waals surface area contributed by atoms with E-state index >= 15 is 0 Å². The number of hydrogen-bond donors (Lipinski definition) is 0. The molecule has 0 N–H and O–H groups in total. The Morgan fingerprint density at radius 1 is 1.04 bits per heavy atom. The van der Waals surface area contributed by atoms with Crippen molar-refractivity contribution in [3.05, 3.63) is 34.6 Å². The molecule has 0 bridgehead atoms. The van der Waals surface area contributed by atoms with Crippen molar-refractivity contribution in [2.75, 3.05) is 23.7 Å². The Hall–Kier alpha value is -1.89. The molecule has 1 aromatic carbocycles. The highest BCUT2D eigenvalue weighted by Crippen LogP contribution is 2.31. The zero-order valence-electron chi connectivity index (χ0n) is 16.5. The number of rotatable bonds is 4. The van der Waals surface area contributed by atoms with Crippen molar-refractivity contribution in [1.29, 1.82) is 0 Å². The first-order valence-corrected chi connectivity index (χ1v) is 12.2. The van der Waals surface area contributed by atoms with Gasteiger partial charge in [0.2, 0.25) is 0 Å². The summed E-state index contributed by atoms with van der Waals surface area (Å²) in [4.78, 5) is 15.2. The molecule has 0 amide bonds. The summed E-state index contributed by atoms with van der Waals surface area (Å²) in [7, 11) is -3.09. The molecule has 7 heteroatoms. The Bertz CT molecular complexity index is 1010. The fraction of sp³-hybridized carbons (Fsp3) is 0.619. The second-order valence-electron chi connectivity index (χ2n) is 8.07. The van der Waals surface area contributed by atoms with Crippen molar-refractivity contribution in [2.24, 2.45) is 0 Å². The maximum Gasteiger partial charge on any atom is 0.275 e. The molecule has 28 heavy (non-hydrogen) atoms. The van der Waals surface area contributed by atoms with Gasteiger partial charge in [-0.1, -0.05) is 44.4 Å². The number of fused-ring (bicyclic) bond motifs is 1. The van der Waals surface area contributed by atoms with Gasteiger partial charge in [0.25, 0.3) is 5.56 Å². The van der Waals surface area contributed by atoms with E-state index in [0.717, 1.165) is 49.9 Å². The predicted octanol–water partition coefficient (Wildman–Crippen LogP) is 3.31. The fourth-order valence-electron chi connectivity index (χ4n) is 4.66. The van der Waals surface area contributed by atoms with Gasteiger partial charge in [-0.25, -0.2) is 13.1 Å². The van der Waals surface area contributed by atoms with Gasteiger partial charge in [0.1, 0.15) is 0 Å². The highest BCUT2D eigenvalue weighted by Gasteiger charge is 2.31. The van der Waals surface area contributed by atoms with Crippen molar-refractivity contribution in [3.8, 4) is 0 Å². The van der Waals surface area contributed by atoms with Crippen LogP contribution in [0.3, 0.4) is 0 Å². The third-order valence-electron chi connectivity index (χ3n) is 6.32. The van der Waals surface area contributed by atoms with Crippen LogP contribution in [0.25, 0.3) is 10.8 Å². The average molecular weight is 404 g/mol. The van der Waals surface area contributed by atoms with E-state index in [0.29, 0.717) is 18.4 Å². The van der Waals surface area contributed by atoms with Crippen LogP contribution in [0.15, 0.2) is 29.1 Å². The van der Waals surface area contributed by atoms with E-state index in [2.05, 4.69) is 4.90 Å². The van der Waals surface area contributed by atoms with Gasteiger partial charge in [-0.15, -0.1) is 0 Å². The Morgan fingerprint density at radius 2 is 1.75 bits per heavy atom. The molecule has 1 saturated carbocycles. The summed E-state index contributed by atoms with van der Waals surface area (Å²) in [5.74, 6) is 0.929. The number of piperidine rings is 1. The van der Waals surface area contributed by atoms with E-state index < -0.39 is 9.84 Å². The van der Waals surface area contributed by atoms with Gasteiger partial charge in [-0.3, -0.25) is 4.79 Å². The number of hydrogen-bond acceptors (Lipinski definition) is 5. The lowest BCUT2D eigenvalue weighted by Crippen LogP contribution is -2.44. The molecule has 2 aliphatic rings. The zero-order chi connectivity index (χ0) is 19.7. The van der Waals surface area contributed by atoms with Crippen LogP contribution in [0.2, 0.25) is 0 Å². The number of benzene rings is 1. The van der Waals surface area contributed by atoms with E-state index in [9.17, 15) is 13.2 Å². The number of nitrogens with zero attached hydrogens (tertiary/aromatic N) is 3. The lowest BCUT2D eigenvalue weighted by Gasteiger charge is -2.34. The zero-order valence-corrected chi connectivity index (χ0v) is 17.3. The molecule has 4 rings (SSSR count). The Morgan fingerprint density at radius 3 is 2.46 bits per heavy atom. The van der Waals surface area contributed by atoms with E-state index in [-0.39, 0.29) is 22.6 Å². The summed E-state index contributed by atoms with van der Waals surface area (Å²) in [6.45, 7) is 2.94. The molecule has 2 heterocycles. The summed E-state index contributed by atoms with van der Waals surface area (Å²) >= 11 is 0. The van der Waals surface area contributed by atoms with Gasteiger partial charge in [0.15, 0.2) is 15.7 Å². The second-order valence-corrected chi connectivity index (χ2v) is 10.6. The molecule has 152 valence electrons. The molecule has 1 atom stereocenters. The minimum atomic E-state index is -3.09. The average Bonchev–Trinajstić information content (AvgIpc) is 2.75. The molecule has 1 aromatic heterocycles. The minimum absolute atomic E-state index is 0.0269. The van der Waals surface area contributed by atoms with E-state index in [1.54, 1.807) is 11.6 Å². The predicted molar refractivity (Wildman–Crippen MR) is 113 cm³/mol. The SMILES string of the molecule is CCS(=O)(=O)[C@H]1CCCN(c2nn(C3CCCCC3)c(=O)c3ccccc23)C1. The summed E-state index contributed by atoms with van der Waals surface area (Å²) in [6, 6.07) is 7.75. The molecular weight excluding hydrogens is 374 g/mol. The molecule has 6 nitrogen and oxygen atoms in total. The number of aromatic nitrogens is 2. The third-order valence-corrected chi connectivity index (χ3v) is 8.52. The summed E-state index contributed by atoms with van der Waals surface area (Å²) in [6.07, 6.45) is 6.96. The summed E-state index contributed by atoms with van der Waals surface area (Å²) in [5, 5.41) is 5.97. The van der Waals surface area contributed by atoms with Gasteiger partial charge in [-0.2, -0.15) is 5.10 Å². The third kappa shape index (κ3) is 3.56. The largest absolute Gasteiger partial charge is 0.353 e. The molecular formula is C21H29N3O3S. The Balaban J connectivity index is 1.79. The molecule has 0 spiro atoms. The van der Waals surface area contributed by atoms with Crippen LogP contribution in [-0.2, 0) is 9.84 Å². The first kappa shape index (κ1) is 19.4. The monoisotopic (exact) mass is 403 g/mol. The first-order valence-electron chi connectivity index (χ1n) is 10.5. The fourth-order valence-corrected chi connectivity index (χ4v) is 6.06. The number of sulfone groups is 1. The minimum Gasteiger partial charge on any atom is -0.353 e. The highest BCUT2D eigenvalue weighted by molar-refractivity contribution is 7.92. The molecule has 1 saturated heterocycles. The van der Waals surface area contributed by atoms with Gasteiger partial charge in [0, 0.05) is 24.2 Å². The van der Waals surface area contributed by atoms with Crippen LogP contribution in [0.1, 0.15) is 57.9 Å². The topological polar surface area (TPSA) is 72.3 Å². The lowest BCUT2D eigenvalue weighted by molar-refractivity contribution is 0.320. The highest BCUT2D eigenvalue weighted by atomic mass is 32.2. The van der Waals surface area contributed by atoms with Gasteiger partial charge >= 0.3 is 0 Å². The van der Waals surface area contributed by atoms with E-state index in [4.69, 9.17) is 5.10 Å². The maximum atomic E-state index is 13.1. The van der Waals surface area contributed by atoms with Gasteiger partial charge in [0.05, 0.1) is 16.7 Å². The van der Waals surface area contributed by atoms with Crippen LogP contribution in [0.5, 0.6) is 0 Å². The van der Waals surface area contributed by atoms with Crippen molar-refractivity contribution in [2.45, 2.75) is 63.2 Å². The van der Waals surface area contributed by atoms with Crippen LogP contribution >= 0.6 is 0 Å². The molecule has 0 radical (unpaired) electrons. The maximum absolute atomic E-state index is 13.1. The van der Waals surface area contributed by atoms with Crippen molar-refractivity contribution in [3.63, 3.8) is 0 Å². The van der Waals surface area contributed by atoms with E-state index in [1.165, 1.54) is 6.42 Å². The van der Waals surface area contributed by atoms with Crippen LogP contribution in [-0.4, -0.2) is 42.3 Å². The molecule has 1 aliphatic carbocycles. The molecule has 2 aromatic rings. The smallest absolute Gasteiger partial charge is 0.275 e. The quantitative estimate of drug-likeness (QED) is 0.783. The Kier molecular flexibility index (Phi) is 5.45. The summed E-state index contributed by atoms with van der Waals surface area (Å²) in [5.41, 5.74) is -0.0269. The van der Waals surface area contributed by atoms with Gasteiger partial charge in [-0.05, 0) is 31.7 Å². The molecule has 0 unspecified atom stereocenters. The molecule has 1 aliphatic heterocycles. The number of anilines is 1. The van der Waals surface area contributed by atoms with Crippen molar-refractivity contribution in [1.82, 2.24) is 9.78 Å². The van der Waals surface area contributed by atoms with E-state index in [1.807, 2.05) is 24.3 Å². The van der Waals surface area contributed by atoms with Crippen molar-refractivity contribution < 1.29 is 8.42 Å². The first-order chi connectivity index (χ1) is 13.5. The summed E-state index contributed by atoms with van der Waals surface area (Å²) < 4.78 is 26.6. The van der Waals surface area contributed by atoms with Crippen LogP contribution in [0, 0.1) is 0 Å². The van der Waals surface area contributed by atoms with Gasteiger partial charge < -0.3 is 4.90 Å². The van der Waals surface area contributed by atoms with Crippen LogP contribution in [0.4, 0.5) is 5.82 Å².